The number of imidazole rings is 1. The first-order valence-corrected chi connectivity index (χ1v) is 7.34. The van der Waals surface area contributed by atoms with Crippen LogP contribution >= 0.6 is 0 Å². The number of hydrogen-bond acceptors (Lipinski definition) is 4. The quantitative estimate of drug-likeness (QED) is 0.638. The SMILES string of the molecule is C[C@H](O)CNC(=O)c1[nH]cnc1C(=O)N[C@@H](C)c1ccccc1. The highest BCUT2D eigenvalue weighted by molar-refractivity contribution is 6.04. The Hall–Kier alpha value is -2.67. The van der Waals surface area contributed by atoms with Crippen molar-refractivity contribution in [2.45, 2.75) is 26.0 Å². The Morgan fingerprint density at radius 2 is 1.91 bits per heavy atom. The summed E-state index contributed by atoms with van der Waals surface area (Å²) in [5.41, 5.74) is 1.05. The summed E-state index contributed by atoms with van der Waals surface area (Å²) in [7, 11) is 0. The van der Waals surface area contributed by atoms with Crippen LogP contribution in [0.4, 0.5) is 0 Å². The molecule has 2 rings (SSSR count). The molecule has 1 aromatic carbocycles. The molecule has 122 valence electrons. The summed E-state index contributed by atoms with van der Waals surface area (Å²) >= 11 is 0. The molecule has 0 spiro atoms. The summed E-state index contributed by atoms with van der Waals surface area (Å²) in [6.45, 7) is 3.51. The fourth-order valence-electron chi connectivity index (χ4n) is 2.06. The van der Waals surface area contributed by atoms with E-state index >= 15 is 0 Å². The lowest BCUT2D eigenvalue weighted by Gasteiger charge is -2.14. The second kappa shape index (κ2) is 7.55. The molecule has 0 saturated carbocycles. The van der Waals surface area contributed by atoms with Crippen molar-refractivity contribution in [2.24, 2.45) is 0 Å². The number of amides is 2. The number of carbonyl (C=O) groups excluding carboxylic acids is 2. The zero-order chi connectivity index (χ0) is 16.8. The molecule has 2 aromatic rings. The van der Waals surface area contributed by atoms with E-state index in [4.69, 9.17) is 0 Å². The molecule has 7 nitrogen and oxygen atoms in total. The van der Waals surface area contributed by atoms with Crippen molar-refractivity contribution in [3.05, 3.63) is 53.6 Å². The number of aromatic amines is 1. The summed E-state index contributed by atoms with van der Waals surface area (Å²) in [6, 6.07) is 9.28. The molecule has 4 N–H and O–H groups in total. The van der Waals surface area contributed by atoms with Crippen LogP contribution in [0, 0.1) is 0 Å². The second-order valence-electron chi connectivity index (χ2n) is 5.29. The van der Waals surface area contributed by atoms with Crippen molar-refractivity contribution < 1.29 is 14.7 Å². The Bertz CT molecular complexity index is 667. The Labute approximate surface area is 134 Å². The number of benzene rings is 1. The highest BCUT2D eigenvalue weighted by Crippen LogP contribution is 2.12. The van der Waals surface area contributed by atoms with Gasteiger partial charge in [0.25, 0.3) is 11.8 Å². The molecule has 0 aliphatic heterocycles. The Kier molecular flexibility index (Phi) is 5.48. The highest BCUT2D eigenvalue weighted by atomic mass is 16.3. The molecule has 0 fully saturated rings. The molecule has 0 radical (unpaired) electrons. The van der Waals surface area contributed by atoms with E-state index in [1.54, 1.807) is 6.92 Å². The maximum Gasteiger partial charge on any atom is 0.272 e. The first-order valence-electron chi connectivity index (χ1n) is 7.34. The maximum atomic E-state index is 12.3. The average Bonchev–Trinajstić information content (AvgIpc) is 3.03. The molecule has 0 bridgehead atoms. The fourth-order valence-corrected chi connectivity index (χ4v) is 2.06. The number of nitrogens with zero attached hydrogens (tertiary/aromatic N) is 1. The molecular formula is C16H20N4O3. The number of nitrogens with one attached hydrogen (secondary N) is 3. The number of aliphatic hydroxyl groups is 1. The van der Waals surface area contributed by atoms with Crippen molar-refractivity contribution in [2.75, 3.05) is 6.54 Å². The molecule has 7 heteroatoms. The van der Waals surface area contributed by atoms with Crippen molar-refractivity contribution in [3.63, 3.8) is 0 Å². The molecule has 0 aliphatic carbocycles. The van der Waals surface area contributed by atoms with Gasteiger partial charge in [0.05, 0.1) is 18.5 Å². The summed E-state index contributed by atoms with van der Waals surface area (Å²) in [6.07, 6.45) is 0.622. The monoisotopic (exact) mass is 316 g/mol. The van der Waals surface area contributed by atoms with E-state index < -0.39 is 17.9 Å². The third-order valence-corrected chi connectivity index (χ3v) is 3.29. The summed E-state index contributed by atoms with van der Waals surface area (Å²) in [4.78, 5) is 30.9. The number of rotatable bonds is 6. The smallest absolute Gasteiger partial charge is 0.272 e. The first-order chi connectivity index (χ1) is 11.0. The molecular weight excluding hydrogens is 296 g/mol. The predicted octanol–water partition coefficient (Wildman–Crippen LogP) is 1.01. The van der Waals surface area contributed by atoms with Crippen LogP contribution in [0.2, 0.25) is 0 Å². The van der Waals surface area contributed by atoms with Crippen LogP contribution in [0.5, 0.6) is 0 Å². The van der Waals surface area contributed by atoms with Gasteiger partial charge in [-0.2, -0.15) is 0 Å². The van der Waals surface area contributed by atoms with E-state index in [0.717, 1.165) is 5.56 Å². The summed E-state index contributed by atoms with van der Waals surface area (Å²) < 4.78 is 0. The Balaban J connectivity index is 2.06. The zero-order valence-electron chi connectivity index (χ0n) is 13.0. The van der Waals surface area contributed by atoms with E-state index in [1.165, 1.54) is 6.33 Å². The van der Waals surface area contributed by atoms with Gasteiger partial charge in [0, 0.05) is 6.54 Å². The van der Waals surface area contributed by atoms with Crippen LogP contribution in [0.15, 0.2) is 36.7 Å². The maximum absolute atomic E-state index is 12.3. The lowest BCUT2D eigenvalue weighted by atomic mass is 10.1. The minimum Gasteiger partial charge on any atom is -0.392 e. The average molecular weight is 316 g/mol. The third-order valence-electron chi connectivity index (χ3n) is 3.29. The van der Waals surface area contributed by atoms with Crippen molar-refractivity contribution in [1.82, 2.24) is 20.6 Å². The molecule has 0 aliphatic rings. The predicted molar refractivity (Wildman–Crippen MR) is 84.9 cm³/mol. The van der Waals surface area contributed by atoms with E-state index in [0.29, 0.717) is 0 Å². The minimum atomic E-state index is -0.669. The Morgan fingerprint density at radius 1 is 1.22 bits per heavy atom. The summed E-state index contributed by atoms with van der Waals surface area (Å²) in [5, 5.41) is 14.5. The van der Waals surface area contributed by atoms with Gasteiger partial charge in [0.15, 0.2) is 5.69 Å². The van der Waals surface area contributed by atoms with E-state index in [-0.39, 0.29) is 24.0 Å². The molecule has 1 heterocycles. The Morgan fingerprint density at radius 3 is 2.57 bits per heavy atom. The van der Waals surface area contributed by atoms with Gasteiger partial charge in [-0.05, 0) is 19.4 Å². The van der Waals surface area contributed by atoms with Crippen LogP contribution < -0.4 is 10.6 Å². The van der Waals surface area contributed by atoms with E-state index in [9.17, 15) is 14.7 Å². The van der Waals surface area contributed by atoms with Gasteiger partial charge < -0.3 is 20.7 Å². The number of hydrogen-bond donors (Lipinski definition) is 4. The second-order valence-corrected chi connectivity index (χ2v) is 5.29. The summed E-state index contributed by atoms with van der Waals surface area (Å²) in [5.74, 6) is -0.925. The molecule has 1 aromatic heterocycles. The largest absolute Gasteiger partial charge is 0.392 e. The molecule has 0 saturated heterocycles. The van der Waals surface area contributed by atoms with Gasteiger partial charge >= 0.3 is 0 Å². The third kappa shape index (κ3) is 4.40. The van der Waals surface area contributed by atoms with Crippen LogP contribution in [-0.2, 0) is 0 Å². The number of H-pyrrole nitrogens is 1. The molecule has 23 heavy (non-hydrogen) atoms. The lowest BCUT2D eigenvalue weighted by molar-refractivity contribution is 0.0892. The van der Waals surface area contributed by atoms with Crippen molar-refractivity contribution >= 4 is 11.8 Å². The van der Waals surface area contributed by atoms with Crippen molar-refractivity contribution in [3.8, 4) is 0 Å². The molecule has 2 atom stereocenters. The minimum absolute atomic E-state index is 0.0240. The van der Waals surface area contributed by atoms with Crippen molar-refractivity contribution in [1.29, 1.82) is 0 Å². The topological polar surface area (TPSA) is 107 Å². The lowest BCUT2D eigenvalue weighted by Crippen LogP contribution is -2.33. The van der Waals surface area contributed by atoms with Crippen LogP contribution in [0.3, 0.4) is 0 Å². The van der Waals surface area contributed by atoms with E-state index in [1.807, 2.05) is 37.3 Å². The number of aliphatic hydroxyl groups excluding tert-OH is 1. The normalized spacial score (nSPS) is 13.2. The number of aromatic nitrogens is 2. The van der Waals surface area contributed by atoms with E-state index in [2.05, 4.69) is 20.6 Å². The van der Waals surface area contributed by atoms with Crippen LogP contribution in [-0.4, -0.2) is 39.5 Å². The van der Waals surface area contributed by atoms with Gasteiger partial charge in [-0.25, -0.2) is 4.98 Å². The molecule has 2 amide bonds. The van der Waals surface area contributed by atoms with Gasteiger partial charge in [0.1, 0.15) is 5.69 Å². The fraction of sp³-hybridized carbons (Fsp3) is 0.312. The van der Waals surface area contributed by atoms with Crippen LogP contribution in [0.25, 0.3) is 0 Å². The van der Waals surface area contributed by atoms with Gasteiger partial charge in [-0.15, -0.1) is 0 Å². The van der Waals surface area contributed by atoms with Gasteiger partial charge in [-0.3, -0.25) is 9.59 Å². The first kappa shape index (κ1) is 16.7. The zero-order valence-corrected chi connectivity index (χ0v) is 13.0. The van der Waals surface area contributed by atoms with Gasteiger partial charge in [0.2, 0.25) is 0 Å². The van der Waals surface area contributed by atoms with Crippen LogP contribution in [0.1, 0.15) is 46.4 Å². The standard InChI is InChI=1S/C16H20N4O3/c1-10(21)8-17-15(22)13-14(19-9-18-13)16(23)20-11(2)12-6-4-3-5-7-12/h3-7,9-11,21H,8H2,1-2H3,(H,17,22)(H,18,19)(H,20,23)/t10-,11-/m0/s1. The van der Waals surface area contributed by atoms with Gasteiger partial charge in [-0.1, -0.05) is 30.3 Å². The highest BCUT2D eigenvalue weighted by Gasteiger charge is 2.21. The number of carbonyl (C=O) groups is 2. The molecule has 0 unspecified atom stereocenters.